The van der Waals surface area contributed by atoms with Gasteiger partial charge in [-0.3, -0.25) is 9.78 Å². The highest BCUT2D eigenvalue weighted by Crippen LogP contribution is 2.32. The number of nitrogens with two attached hydrogens (primary N) is 1. The van der Waals surface area contributed by atoms with E-state index >= 15 is 0 Å². The van der Waals surface area contributed by atoms with Crippen LogP contribution in [0.15, 0.2) is 10.7 Å². The van der Waals surface area contributed by atoms with Gasteiger partial charge < -0.3 is 10.5 Å². The number of hydrogen-bond acceptors (Lipinski definition) is 4. The van der Waals surface area contributed by atoms with Crippen LogP contribution in [0.4, 0.5) is 14.5 Å². The summed E-state index contributed by atoms with van der Waals surface area (Å²) in [4.78, 5) is 14.7. The predicted octanol–water partition coefficient (Wildman–Crippen LogP) is 2.08. The zero-order valence-electron chi connectivity index (χ0n) is 8.34. The number of ether oxygens (including phenoxy) is 1. The topological polar surface area (TPSA) is 65.2 Å². The molecule has 0 saturated carbocycles. The Morgan fingerprint density at radius 1 is 1.69 bits per heavy atom. The van der Waals surface area contributed by atoms with E-state index in [4.69, 9.17) is 5.73 Å². The third-order valence-corrected chi connectivity index (χ3v) is 2.58. The van der Waals surface area contributed by atoms with Gasteiger partial charge in [-0.1, -0.05) is 0 Å². The molecule has 16 heavy (non-hydrogen) atoms. The summed E-state index contributed by atoms with van der Waals surface area (Å²) in [5.74, 6) is -0.642. The van der Waals surface area contributed by atoms with Gasteiger partial charge in [0.15, 0.2) is 0 Å². The quantitative estimate of drug-likeness (QED) is 0.867. The molecule has 1 aromatic heterocycles. The molecule has 0 spiro atoms. The molecule has 1 aromatic rings. The summed E-state index contributed by atoms with van der Waals surface area (Å²) in [5.41, 5.74) is 4.88. The smallest absolute Gasteiger partial charge is 0.311 e. The number of methoxy groups -OCH3 is 1. The first-order valence-corrected chi connectivity index (χ1v) is 5.04. The molecule has 0 aliphatic carbocycles. The van der Waals surface area contributed by atoms with Crippen molar-refractivity contribution in [2.45, 2.75) is 12.8 Å². The Bertz CT molecular complexity index is 413. The van der Waals surface area contributed by atoms with Crippen LogP contribution in [0.5, 0.6) is 0 Å². The fourth-order valence-corrected chi connectivity index (χ4v) is 1.47. The maximum atomic E-state index is 12.7. The van der Waals surface area contributed by atoms with E-state index < -0.39 is 18.0 Å². The van der Waals surface area contributed by atoms with E-state index in [2.05, 4.69) is 25.7 Å². The molecular weight excluding hydrogens is 286 g/mol. The third-order valence-electron chi connectivity index (χ3n) is 1.95. The fraction of sp³-hybridized carbons (Fsp3) is 0.333. The standard InChI is InChI=1S/C9H9BrF2N2O2/c1-16-6(15)2-5-7(9(11)12)8(13)4(10)3-14-5/h3,9H,2H2,1H3,(H2,13,14). The Hall–Kier alpha value is -1.24. The van der Waals surface area contributed by atoms with Crippen molar-refractivity contribution in [1.82, 2.24) is 4.98 Å². The Balaban J connectivity index is 3.18. The van der Waals surface area contributed by atoms with Gasteiger partial charge in [-0.15, -0.1) is 0 Å². The van der Waals surface area contributed by atoms with E-state index in [-0.39, 0.29) is 22.3 Å². The van der Waals surface area contributed by atoms with Gasteiger partial charge >= 0.3 is 5.97 Å². The third kappa shape index (κ3) is 2.66. The van der Waals surface area contributed by atoms with Gasteiger partial charge in [0.2, 0.25) is 0 Å². The molecule has 0 bridgehead atoms. The summed E-state index contributed by atoms with van der Waals surface area (Å²) < 4.78 is 30.1. The largest absolute Gasteiger partial charge is 0.469 e. The Labute approximate surface area is 98.9 Å². The SMILES string of the molecule is COC(=O)Cc1ncc(Br)c(N)c1C(F)F. The number of alkyl halides is 2. The first-order chi connectivity index (χ1) is 7.47. The number of nitrogens with zero attached hydrogens (tertiary/aromatic N) is 1. The number of hydrogen-bond donors (Lipinski definition) is 1. The van der Waals surface area contributed by atoms with Crippen LogP contribution in [0.2, 0.25) is 0 Å². The second kappa shape index (κ2) is 5.20. The monoisotopic (exact) mass is 294 g/mol. The molecule has 88 valence electrons. The average Bonchev–Trinajstić information content (AvgIpc) is 2.23. The summed E-state index contributed by atoms with van der Waals surface area (Å²) in [5, 5.41) is 0. The maximum absolute atomic E-state index is 12.7. The lowest BCUT2D eigenvalue weighted by Gasteiger charge is -2.11. The van der Waals surface area contributed by atoms with Crippen LogP contribution in [0.1, 0.15) is 17.7 Å². The van der Waals surface area contributed by atoms with Crippen LogP contribution in [0.3, 0.4) is 0 Å². The van der Waals surface area contributed by atoms with Crippen molar-refractivity contribution in [3.05, 3.63) is 21.9 Å². The molecular formula is C9H9BrF2N2O2. The van der Waals surface area contributed by atoms with E-state index in [1.807, 2.05) is 0 Å². The molecule has 0 aromatic carbocycles. The molecule has 7 heteroatoms. The molecule has 1 rings (SSSR count). The molecule has 0 amide bonds. The minimum Gasteiger partial charge on any atom is -0.469 e. The van der Waals surface area contributed by atoms with Crippen molar-refractivity contribution in [3.63, 3.8) is 0 Å². The molecule has 0 saturated heterocycles. The molecule has 0 radical (unpaired) electrons. The Kier molecular flexibility index (Phi) is 4.17. The van der Waals surface area contributed by atoms with E-state index in [1.165, 1.54) is 13.3 Å². The lowest BCUT2D eigenvalue weighted by atomic mass is 10.1. The van der Waals surface area contributed by atoms with E-state index in [9.17, 15) is 13.6 Å². The van der Waals surface area contributed by atoms with Crippen LogP contribution in [-0.2, 0) is 16.0 Å². The Morgan fingerprint density at radius 2 is 2.31 bits per heavy atom. The second-order valence-corrected chi connectivity index (χ2v) is 3.79. The molecule has 1 heterocycles. The minimum atomic E-state index is -2.79. The van der Waals surface area contributed by atoms with Crippen molar-refractivity contribution in [1.29, 1.82) is 0 Å². The number of anilines is 1. The van der Waals surface area contributed by atoms with Crippen molar-refractivity contribution in [2.75, 3.05) is 12.8 Å². The van der Waals surface area contributed by atoms with Crippen LogP contribution >= 0.6 is 15.9 Å². The zero-order valence-corrected chi connectivity index (χ0v) is 9.92. The minimum absolute atomic E-state index is 0.0671. The van der Waals surface area contributed by atoms with E-state index in [1.54, 1.807) is 0 Å². The molecule has 4 nitrogen and oxygen atoms in total. The van der Waals surface area contributed by atoms with Gasteiger partial charge in [0.05, 0.1) is 34.9 Å². The normalized spacial score (nSPS) is 10.6. The van der Waals surface area contributed by atoms with Crippen molar-refractivity contribution >= 4 is 27.6 Å². The number of esters is 1. The van der Waals surface area contributed by atoms with Crippen molar-refractivity contribution in [3.8, 4) is 0 Å². The highest BCUT2D eigenvalue weighted by molar-refractivity contribution is 9.10. The van der Waals surface area contributed by atoms with Gasteiger partial charge in [0.25, 0.3) is 6.43 Å². The van der Waals surface area contributed by atoms with Gasteiger partial charge in [-0.2, -0.15) is 0 Å². The van der Waals surface area contributed by atoms with Gasteiger partial charge in [-0.25, -0.2) is 8.78 Å². The molecule has 2 N–H and O–H groups in total. The van der Waals surface area contributed by atoms with Crippen molar-refractivity contribution < 1.29 is 18.3 Å². The van der Waals surface area contributed by atoms with Gasteiger partial charge in [-0.05, 0) is 15.9 Å². The number of carbonyl (C=O) groups excluding carboxylic acids is 1. The zero-order chi connectivity index (χ0) is 12.3. The van der Waals surface area contributed by atoms with E-state index in [0.29, 0.717) is 0 Å². The van der Waals surface area contributed by atoms with Gasteiger partial charge in [0, 0.05) is 6.20 Å². The maximum Gasteiger partial charge on any atom is 0.311 e. The molecule has 0 aliphatic heterocycles. The summed E-state index contributed by atoms with van der Waals surface area (Å²) in [6.45, 7) is 0. The predicted molar refractivity (Wildman–Crippen MR) is 57.0 cm³/mol. The first kappa shape index (κ1) is 12.8. The molecule has 0 unspecified atom stereocenters. The number of pyridine rings is 1. The molecule has 0 atom stereocenters. The number of nitrogen functional groups attached to an aromatic ring is 1. The molecule has 0 aliphatic rings. The van der Waals surface area contributed by atoms with E-state index in [0.717, 1.165) is 0 Å². The first-order valence-electron chi connectivity index (χ1n) is 4.25. The summed E-state index contributed by atoms with van der Waals surface area (Å²) in [6, 6.07) is 0. The van der Waals surface area contributed by atoms with Crippen LogP contribution in [0.25, 0.3) is 0 Å². The van der Waals surface area contributed by atoms with Crippen LogP contribution in [0, 0.1) is 0 Å². The molecule has 0 fully saturated rings. The Morgan fingerprint density at radius 3 is 2.81 bits per heavy atom. The summed E-state index contributed by atoms with van der Waals surface area (Å²) in [7, 11) is 1.17. The summed E-state index contributed by atoms with van der Waals surface area (Å²) in [6.07, 6.45) is -1.84. The number of halogens is 3. The number of rotatable bonds is 3. The van der Waals surface area contributed by atoms with Crippen LogP contribution < -0.4 is 5.73 Å². The fourth-order valence-electron chi connectivity index (χ4n) is 1.15. The lowest BCUT2D eigenvalue weighted by molar-refractivity contribution is -0.139. The summed E-state index contributed by atoms with van der Waals surface area (Å²) >= 11 is 2.99. The number of carbonyl (C=O) groups is 1. The highest BCUT2D eigenvalue weighted by atomic mass is 79.9. The van der Waals surface area contributed by atoms with Crippen molar-refractivity contribution in [2.24, 2.45) is 0 Å². The average molecular weight is 295 g/mol. The van der Waals surface area contributed by atoms with Gasteiger partial charge in [0.1, 0.15) is 0 Å². The number of aromatic nitrogens is 1. The lowest BCUT2D eigenvalue weighted by Crippen LogP contribution is -2.11. The van der Waals surface area contributed by atoms with Crippen LogP contribution in [-0.4, -0.2) is 18.1 Å². The highest BCUT2D eigenvalue weighted by Gasteiger charge is 2.21. The second-order valence-electron chi connectivity index (χ2n) is 2.93.